The molecule has 4 heteroatoms. The molecule has 2 aromatic rings. The van der Waals surface area contributed by atoms with E-state index < -0.39 is 0 Å². The van der Waals surface area contributed by atoms with Crippen molar-refractivity contribution in [1.29, 1.82) is 0 Å². The summed E-state index contributed by atoms with van der Waals surface area (Å²) in [6.07, 6.45) is 0. The number of nitrogens with one attached hydrogen (secondary N) is 1. The fraction of sp³-hybridized carbons (Fsp3) is 0.250. The van der Waals surface area contributed by atoms with Crippen LogP contribution < -0.4 is 14.8 Å². The van der Waals surface area contributed by atoms with Gasteiger partial charge in [-0.2, -0.15) is 0 Å². The predicted octanol–water partition coefficient (Wildman–Crippen LogP) is 2.79. The SMILES string of the molecule is Fc1cccc(C2CNCc3cc4c(cc32)OCO4)c1. The van der Waals surface area contributed by atoms with Crippen molar-refractivity contribution in [2.45, 2.75) is 12.5 Å². The lowest BCUT2D eigenvalue weighted by molar-refractivity contribution is 0.174. The van der Waals surface area contributed by atoms with Gasteiger partial charge in [0, 0.05) is 19.0 Å². The molecule has 4 rings (SSSR count). The summed E-state index contributed by atoms with van der Waals surface area (Å²) in [4.78, 5) is 0. The Bertz CT molecular complexity index is 672. The first-order valence-corrected chi connectivity index (χ1v) is 6.70. The van der Waals surface area contributed by atoms with E-state index in [9.17, 15) is 4.39 Å². The molecule has 1 atom stereocenters. The Morgan fingerprint density at radius 1 is 1.10 bits per heavy atom. The van der Waals surface area contributed by atoms with Gasteiger partial charge in [0.1, 0.15) is 5.82 Å². The standard InChI is InChI=1S/C16H14FNO2/c17-12-3-1-2-10(4-12)14-8-18-7-11-5-15-16(6-13(11)14)20-9-19-15/h1-6,14,18H,7-9H2. The Labute approximate surface area is 116 Å². The number of halogens is 1. The molecule has 2 aliphatic heterocycles. The maximum atomic E-state index is 13.5. The molecule has 1 N–H and O–H groups in total. The maximum absolute atomic E-state index is 13.5. The quantitative estimate of drug-likeness (QED) is 0.865. The van der Waals surface area contributed by atoms with Crippen molar-refractivity contribution in [3.63, 3.8) is 0 Å². The van der Waals surface area contributed by atoms with E-state index >= 15 is 0 Å². The Morgan fingerprint density at radius 2 is 1.95 bits per heavy atom. The van der Waals surface area contributed by atoms with Gasteiger partial charge in [-0.05, 0) is 41.0 Å². The summed E-state index contributed by atoms with van der Waals surface area (Å²) in [5.41, 5.74) is 3.37. The number of fused-ring (bicyclic) bond motifs is 2. The summed E-state index contributed by atoms with van der Waals surface area (Å²) in [6.45, 7) is 1.88. The molecule has 2 aliphatic rings. The normalized spacial score (nSPS) is 19.8. The van der Waals surface area contributed by atoms with E-state index in [1.165, 1.54) is 17.2 Å². The molecule has 0 aromatic heterocycles. The van der Waals surface area contributed by atoms with Gasteiger partial charge in [0.2, 0.25) is 6.79 Å². The zero-order chi connectivity index (χ0) is 13.5. The van der Waals surface area contributed by atoms with Crippen LogP contribution in [0, 0.1) is 5.82 Å². The van der Waals surface area contributed by atoms with E-state index in [2.05, 4.69) is 5.32 Å². The van der Waals surface area contributed by atoms with Gasteiger partial charge in [0.05, 0.1) is 0 Å². The molecule has 20 heavy (non-hydrogen) atoms. The molecule has 0 saturated heterocycles. The molecule has 0 radical (unpaired) electrons. The number of rotatable bonds is 1. The van der Waals surface area contributed by atoms with Crippen LogP contribution in [0.25, 0.3) is 0 Å². The predicted molar refractivity (Wildman–Crippen MR) is 72.5 cm³/mol. The zero-order valence-corrected chi connectivity index (χ0v) is 10.9. The van der Waals surface area contributed by atoms with Crippen LogP contribution in [0.2, 0.25) is 0 Å². The lowest BCUT2D eigenvalue weighted by atomic mass is 9.85. The molecule has 2 aromatic carbocycles. The third-order valence-electron chi connectivity index (χ3n) is 3.92. The summed E-state index contributed by atoms with van der Waals surface area (Å²) in [6, 6.07) is 10.9. The first-order valence-electron chi connectivity index (χ1n) is 6.70. The minimum Gasteiger partial charge on any atom is -0.454 e. The molecule has 0 spiro atoms. The second-order valence-corrected chi connectivity index (χ2v) is 5.14. The zero-order valence-electron chi connectivity index (χ0n) is 10.9. The average molecular weight is 271 g/mol. The fourth-order valence-electron chi connectivity index (χ4n) is 2.96. The Hall–Kier alpha value is -2.07. The van der Waals surface area contributed by atoms with Gasteiger partial charge in [-0.1, -0.05) is 12.1 Å². The molecule has 0 bridgehead atoms. The van der Waals surface area contributed by atoms with Crippen LogP contribution in [0.5, 0.6) is 11.5 Å². The number of hydrogen-bond acceptors (Lipinski definition) is 3. The first kappa shape index (κ1) is 11.7. The van der Waals surface area contributed by atoms with Crippen molar-refractivity contribution in [2.75, 3.05) is 13.3 Å². The van der Waals surface area contributed by atoms with Crippen molar-refractivity contribution >= 4 is 0 Å². The van der Waals surface area contributed by atoms with Crippen LogP contribution in [-0.2, 0) is 6.54 Å². The highest BCUT2D eigenvalue weighted by Crippen LogP contribution is 2.40. The van der Waals surface area contributed by atoms with Gasteiger partial charge in [-0.15, -0.1) is 0 Å². The number of hydrogen-bond donors (Lipinski definition) is 1. The topological polar surface area (TPSA) is 30.5 Å². The van der Waals surface area contributed by atoms with Crippen LogP contribution in [-0.4, -0.2) is 13.3 Å². The van der Waals surface area contributed by atoms with Gasteiger partial charge in [-0.25, -0.2) is 4.39 Å². The van der Waals surface area contributed by atoms with E-state index in [0.29, 0.717) is 0 Å². The summed E-state index contributed by atoms with van der Waals surface area (Å²) >= 11 is 0. The Balaban J connectivity index is 1.82. The molecule has 0 amide bonds. The van der Waals surface area contributed by atoms with E-state index in [1.54, 1.807) is 12.1 Å². The van der Waals surface area contributed by atoms with Crippen molar-refractivity contribution in [1.82, 2.24) is 5.32 Å². The van der Waals surface area contributed by atoms with Gasteiger partial charge in [-0.3, -0.25) is 0 Å². The highest BCUT2D eigenvalue weighted by molar-refractivity contribution is 5.52. The lowest BCUT2D eigenvalue weighted by Gasteiger charge is -2.27. The molecular formula is C16H14FNO2. The van der Waals surface area contributed by atoms with Crippen LogP contribution in [0.1, 0.15) is 22.6 Å². The first-order chi connectivity index (χ1) is 9.81. The third kappa shape index (κ3) is 1.84. The second kappa shape index (κ2) is 4.49. The molecule has 0 saturated carbocycles. The van der Waals surface area contributed by atoms with Gasteiger partial charge in [0.25, 0.3) is 0 Å². The van der Waals surface area contributed by atoms with Crippen molar-refractivity contribution in [3.05, 3.63) is 58.9 Å². The largest absolute Gasteiger partial charge is 0.454 e. The molecule has 3 nitrogen and oxygen atoms in total. The lowest BCUT2D eigenvalue weighted by Crippen LogP contribution is -2.28. The van der Waals surface area contributed by atoms with E-state index in [-0.39, 0.29) is 18.5 Å². The molecule has 0 aliphatic carbocycles. The van der Waals surface area contributed by atoms with Crippen LogP contribution >= 0.6 is 0 Å². The number of ether oxygens (including phenoxy) is 2. The number of benzene rings is 2. The van der Waals surface area contributed by atoms with Crippen molar-refractivity contribution < 1.29 is 13.9 Å². The summed E-state index contributed by atoms with van der Waals surface area (Å²) in [7, 11) is 0. The van der Waals surface area contributed by atoms with Gasteiger partial charge < -0.3 is 14.8 Å². The van der Waals surface area contributed by atoms with Crippen LogP contribution in [0.15, 0.2) is 36.4 Å². The molecule has 1 unspecified atom stereocenters. The molecular weight excluding hydrogens is 257 g/mol. The van der Waals surface area contributed by atoms with Crippen LogP contribution in [0.4, 0.5) is 4.39 Å². The summed E-state index contributed by atoms with van der Waals surface area (Å²) in [5.74, 6) is 1.52. The second-order valence-electron chi connectivity index (χ2n) is 5.14. The van der Waals surface area contributed by atoms with Crippen molar-refractivity contribution in [2.24, 2.45) is 0 Å². The summed E-state index contributed by atoms with van der Waals surface area (Å²) in [5, 5.41) is 3.38. The monoisotopic (exact) mass is 271 g/mol. The minimum atomic E-state index is -0.199. The average Bonchev–Trinajstić information content (AvgIpc) is 2.91. The van der Waals surface area contributed by atoms with Crippen LogP contribution in [0.3, 0.4) is 0 Å². The highest BCUT2D eigenvalue weighted by atomic mass is 19.1. The van der Waals surface area contributed by atoms with E-state index in [4.69, 9.17) is 9.47 Å². The van der Waals surface area contributed by atoms with E-state index in [0.717, 1.165) is 30.2 Å². The summed E-state index contributed by atoms with van der Waals surface area (Å²) < 4.78 is 24.3. The van der Waals surface area contributed by atoms with Crippen molar-refractivity contribution in [3.8, 4) is 11.5 Å². The van der Waals surface area contributed by atoms with Gasteiger partial charge in [0.15, 0.2) is 11.5 Å². The smallest absolute Gasteiger partial charge is 0.231 e. The van der Waals surface area contributed by atoms with Gasteiger partial charge >= 0.3 is 0 Å². The Kier molecular flexibility index (Phi) is 2.63. The minimum absolute atomic E-state index is 0.143. The van der Waals surface area contributed by atoms with E-state index in [1.807, 2.05) is 18.2 Å². The fourth-order valence-corrected chi connectivity index (χ4v) is 2.96. The molecule has 0 fully saturated rings. The maximum Gasteiger partial charge on any atom is 0.231 e. The molecule has 102 valence electrons. The molecule has 2 heterocycles. The highest BCUT2D eigenvalue weighted by Gasteiger charge is 2.26. The Morgan fingerprint density at radius 3 is 2.80 bits per heavy atom. The third-order valence-corrected chi connectivity index (χ3v) is 3.92.